The molecule has 1 aliphatic rings. The van der Waals surface area contributed by atoms with Gasteiger partial charge in [0.15, 0.2) is 0 Å². The van der Waals surface area contributed by atoms with Crippen molar-refractivity contribution in [1.29, 1.82) is 0 Å². The Morgan fingerprint density at radius 3 is 2.56 bits per heavy atom. The highest BCUT2D eigenvalue weighted by molar-refractivity contribution is 5.94. The smallest absolute Gasteiger partial charge is 0.254 e. The summed E-state index contributed by atoms with van der Waals surface area (Å²) in [5, 5.41) is 0. The highest BCUT2D eigenvalue weighted by Crippen LogP contribution is 2.19. The fraction of sp³-hybridized carbons (Fsp3) is 0.381. The van der Waals surface area contributed by atoms with E-state index in [2.05, 4.69) is 19.1 Å². The molecule has 2 aromatic rings. The number of nitrogens with zero attached hydrogens (tertiary/aromatic N) is 1. The van der Waals surface area contributed by atoms with Gasteiger partial charge in [-0.2, -0.15) is 0 Å². The molecule has 132 valence electrons. The van der Waals surface area contributed by atoms with Crippen molar-refractivity contribution < 1.29 is 14.3 Å². The maximum atomic E-state index is 12.8. The van der Waals surface area contributed by atoms with Crippen LogP contribution in [-0.2, 0) is 11.3 Å². The molecule has 1 fully saturated rings. The van der Waals surface area contributed by atoms with Crippen LogP contribution in [0.5, 0.6) is 5.75 Å². The molecule has 0 aromatic heterocycles. The molecule has 4 heteroatoms. The number of hydrogen-bond donors (Lipinski definition) is 0. The van der Waals surface area contributed by atoms with E-state index < -0.39 is 0 Å². The van der Waals surface area contributed by atoms with Crippen LogP contribution in [0.15, 0.2) is 48.5 Å². The zero-order valence-corrected chi connectivity index (χ0v) is 15.1. The number of amides is 1. The second-order valence-corrected chi connectivity index (χ2v) is 6.77. The number of rotatable bonds is 4. The third kappa shape index (κ3) is 4.60. The van der Waals surface area contributed by atoms with Gasteiger partial charge in [-0.05, 0) is 44.5 Å². The van der Waals surface area contributed by atoms with Gasteiger partial charge in [0.05, 0.1) is 12.2 Å². The summed E-state index contributed by atoms with van der Waals surface area (Å²) in [5.74, 6) is 0.740. The molecule has 25 heavy (non-hydrogen) atoms. The van der Waals surface area contributed by atoms with Gasteiger partial charge in [0, 0.05) is 18.7 Å². The average molecular weight is 339 g/mol. The molecule has 2 unspecified atom stereocenters. The minimum atomic E-state index is 0.0306. The lowest BCUT2D eigenvalue weighted by Gasteiger charge is -2.35. The van der Waals surface area contributed by atoms with Crippen molar-refractivity contribution in [3.63, 3.8) is 0 Å². The number of benzene rings is 2. The Morgan fingerprint density at radius 1 is 1.12 bits per heavy atom. The van der Waals surface area contributed by atoms with Crippen molar-refractivity contribution in [2.24, 2.45) is 0 Å². The summed E-state index contributed by atoms with van der Waals surface area (Å²) in [4.78, 5) is 14.6. The van der Waals surface area contributed by atoms with Crippen LogP contribution in [0.4, 0.5) is 0 Å². The molecule has 0 aliphatic carbocycles. The van der Waals surface area contributed by atoms with E-state index in [-0.39, 0.29) is 18.1 Å². The van der Waals surface area contributed by atoms with Gasteiger partial charge < -0.3 is 14.4 Å². The standard InChI is InChI=1S/C21H25NO3/c1-15-6-4-7-18(10-15)14-24-20-9-5-8-19(11-20)21(23)22-12-16(2)25-17(3)13-22/h4-11,16-17H,12-14H2,1-3H3. The molecular formula is C21H25NO3. The lowest BCUT2D eigenvalue weighted by molar-refractivity contribution is -0.0586. The first kappa shape index (κ1) is 17.5. The molecule has 0 saturated carbocycles. The van der Waals surface area contributed by atoms with Gasteiger partial charge in [-0.15, -0.1) is 0 Å². The summed E-state index contributed by atoms with van der Waals surface area (Å²) in [6, 6.07) is 15.6. The Morgan fingerprint density at radius 2 is 1.84 bits per heavy atom. The van der Waals surface area contributed by atoms with E-state index in [0.29, 0.717) is 31.0 Å². The van der Waals surface area contributed by atoms with E-state index in [0.717, 1.165) is 5.56 Å². The summed E-state index contributed by atoms with van der Waals surface area (Å²) in [6.07, 6.45) is 0.127. The molecule has 1 aliphatic heterocycles. The zero-order chi connectivity index (χ0) is 17.8. The second-order valence-electron chi connectivity index (χ2n) is 6.77. The van der Waals surface area contributed by atoms with Crippen LogP contribution >= 0.6 is 0 Å². The molecule has 1 saturated heterocycles. The molecule has 0 radical (unpaired) electrons. The SMILES string of the molecule is Cc1cccc(COc2cccc(C(=O)N3CC(C)OC(C)C3)c2)c1. The fourth-order valence-corrected chi connectivity index (χ4v) is 3.21. The van der Waals surface area contributed by atoms with E-state index in [1.54, 1.807) is 0 Å². The average Bonchev–Trinajstić information content (AvgIpc) is 2.59. The maximum absolute atomic E-state index is 12.8. The molecule has 0 spiro atoms. The fourth-order valence-electron chi connectivity index (χ4n) is 3.21. The first-order valence-corrected chi connectivity index (χ1v) is 8.74. The van der Waals surface area contributed by atoms with E-state index >= 15 is 0 Å². The highest BCUT2D eigenvalue weighted by Gasteiger charge is 2.26. The van der Waals surface area contributed by atoms with Crippen molar-refractivity contribution in [1.82, 2.24) is 4.90 Å². The largest absolute Gasteiger partial charge is 0.489 e. The Kier molecular flexibility index (Phi) is 5.39. The Labute approximate surface area is 149 Å². The topological polar surface area (TPSA) is 38.8 Å². The summed E-state index contributed by atoms with van der Waals surface area (Å²) in [7, 11) is 0. The molecule has 1 heterocycles. The third-order valence-corrected chi connectivity index (χ3v) is 4.28. The maximum Gasteiger partial charge on any atom is 0.254 e. The number of carbonyl (C=O) groups is 1. The number of morpholine rings is 1. The third-order valence-electron chi connectivity index (χ3n) is 4.28. The monoisotopic (exact) mass is 339 g/mol. The van der Waals surface area contributed by atoms with Gasteiger partial charge >= 0.3 is 0 Å². The molecule has 3 rings (SSSR count). The van der Waals surface area contributed by atoms with Crippen LogP contribution in [0.1, 0.15) is 35.3 Å². The van der Waals surface area contributed by atoms with Crippen LogP contribution in [0, 0.1) is 6.92 Å². The number of hydrogen-bond acceptors (Lipinski definition) is 3. The predicted molar refractivity (Wildman–Crippen MR) is 97.9 cm³/mol. The van der Waals surface area contributed by atoms with Gasteiger partial charge in [0.25, 0.3) is 5.91 Å². The molecule has 4 nitrogen and oxygen atoms in total. The van der Waals surface area contributed by atoms with Crippen molar-refractivity contribution in [2.75, 3.05) is 13.1 Å². The van der Waals surface area contributed by atoms with Crippen molar-refractivity contribution in [3.05, 3.63) is 65.2 Å². The van der Waals surface area contributed by atoms with Gasteiger partial charge in [0.1, 0.15) is 12.4 Å². The van der Waals surface area contributed by atoms with Crippen molar-refractivity contribution in [2.45, 2.75) is 39.6 Å². The normalized spacial score (nSPS) is 20.4. The molecule has 2 atom stereocenters. The van der Waals surface area contributed by atoms with Crippen LogP contribution in [-0.4, -0.2) is 36.1 Å². The lowest BCUT2D eigenvalue weighted by Crippen LogP contribution is -2.48. The summed E-state index contributed by atoms with van der Waals surface area (Å²) in [6.45, 7) is 7.79. The number of aryl methyl sites for hydroxylation is 1. The highest BCUT2D eigenvalue weighted by atomic mass is 16.5. The van der Waals surface area contributed by atoms with E-state index in [1.807, 2.05) is 55.1 Å². The minimum Gasteiger partial charge on any atom is -0.489 e. The first-order valence-electron chi connectivity index (χ1n) is 8.74. The van der Waals surface area contributed by atoms with E-state index in [1.165, 1.54) is 5.56 Å². The number of carbonyl (C=O) groups excluding carboxylic acids is 1. The van der Waals surface area contributed by atoms with Crippen molar-refractivity contribution >= 4 is 5.91 Å². The molecule has 2 aromatic carbocycles. The Bertz CT molecular complexity index is 733. The predicted octanol–water partition coefficient (Wildman–Crippen LogP) is 3.82. The first-order chi connectivity index (χ1) is 12.0. The van der Waals surface area contributed by atoms with Gasteiger partial charge in [-0.25, -0.2) is 0 Å². The van der Waals surface area contributed by atoms with Crippen LogP contribution in [0.3, 0.4) is 0 Å². The molecule has 0 bridgehead atoms. The summed E-state index contributed by atoms with van der Waals surface area (Å²) < 4.78 is 11.6. The summed E-state index contributed by atoms with van der Waals surface area (Å²) in [5.41, 5.74) is 2.98. The summed E-state index contributed by atoms with van der Waals surface area (Å²) >= 11 is 0. The van der Waals surface area contributed by atoms with E-state index in [9.17, 15) is 4.79 Å². The van der Waals surface area contributed by atoms with Gasteiger partial charge in [-0.3, -0.25) is 4.79 Å². The van der Waals surface area contributed by atoms with Crippen LogP contribution in [0.25, 0.3) is 0 Å². The second kappa shape index (κ2) is 7.70. The van der Waals surface area contributed by atoms with E-state index in [4.69, 9.17) is 9.47 Å². The minimum absolute atomic E-state index is 0.0306. The number of ether oxygens (including phenoxy) is 2. The zero-order valence-electron chi connectivity index (χ0n) is 15.1. The Hall–Kier alpha value is -2.33. The molecule has 1 amide bonds. The van der Waals surface area contributed by atoms with Crippen LogP contribution < -0.4 is 4.74 Å². The molecular weight excluding hydrogens is 314 g/mol. The van der Waals surface area contributed by atoms with Gasteiger partial charge in [-0.1, -0.05) is 35.9 Å². The van der Waals surface area contributed by atoms with Gasteiger partial charge in [0.2, 0.25) is 0 Å². The van der Waals surface area contributed by atoms with Crippen LogP contribution in [0.2, 0.25) is 0 Å². The van der Waals surface area contributed by atoms with Crippen molar-refractivity contribution in [3.8, 4) is 5.75 Å². The quantitative estimate of drug-likeness (QED) is 0.850. The lowest BCUT2D eigenvalue weighted by atomic mass is 10.1. The molecule has 0 N–H and O–H groups in total. The Balaban J connectivity index is 1.67.